The van der Waals surface area contributed by atoms with Crippen molar-refractivity contribution < 1.29 is 9.50 Å². The highest BCUT2D eigenvalue weighted by Gasteiger charge is 2.26. The lowest BCUT2D eigenvalue weighted by molar-refractivity contribution is 0.151. The maximum atomic E-state index is 13.7. The zero-order valence-corrected chi connectivity index (χ0v) is 13.8. The van der Waals surface area contributed by atoms with Crippen molar-refractivity contribution in [3.05, 3.63) is 29.1 Å². The maximum Gasteiger partial charge on any atom is 0.124 e. The van der Waals surface area contributed by atoms with E-state index in [1.165, 1.54) is 12.1 Å². The third-order valence-electron chi connectivity index (χ3n) is 3.94. The van der Waals surface area contributed by atoms with Crippen molar-refractivity contribution >= 4 is 12.4 Å². The molecule has 0 spiro atoms. The van der Waals surface area contributed by atoms with Crippen molar-refractivity contribution in [2.24, 2.45) is 5.92 Å². The van der Waals surface area contributed by atoms with Crippen LogP contribution in [0.15, 0.2) is 12.1 Å². The van der Waals surface area contributed by atoms with Gasteiger partial charge in [0.25, 0.3) is 0 Å². The van der Waals surface area contributed by atoms with Crippen LogP contribution in [-0.4, -0.2) is 36.2 Å². The predicted octanol–water partition coefficient (Wildman–Crippen LogP) is 3.25. The second-order valence-electron chi connectivity index (χ2n) is 6.09. The van der Waals surface area contributed by atoms with Crippen molar-refractivity contribution in [3.63, 3.8) is 0 Å². The Bertz CT molecular complexity index is 462. The second kappa shape index (κ2) is 7.97. The van der Waals surface area contributed by atoms with Crippen LogP contribution in [0, 0.1) is 18.7 Å². The van der Waals surface area contributed by atoms with Crippen LogP contribution in [-0.2, 0) is 0 Å². The van der Waals surface area contributed by atoms with Crippen molar-refractivity contribution in [2.45, 2.75) is 33.2 Å². The first-order chi connectivity index (χ1) is 9.49. The molecule has 1 aromatic carbocycles. The molecule has 1 saturated heterocycles. The Morgan fingerprint density at radius 3 is 2.48 bits per heavy atom. The van der Waals surface area contributed by atoms with E-state index in [-0.39, 0.29) is 30.0 Å². The fourth-order valence-corrected chi connectivity index (χ4v) is 2.93. The Balaban J connectivity index is 0.00000220. The van der Waals surface area contributed by atoms with Gasteiger partial charge in [0.1, 0.15) is 11.6 Å². The number of halogens is 2. The van der Waals surface area contributed by atoms with Gasteiger partial charge in [-0.2, -0.15) is 0 Å². The predicted molar refractivity (Wildman–Crippen MR) is 86.7 cm³/mol. The standard InChI is InChI=1S/C16H25FN2O.ClH/c1-11(2)8-15(19-6-4-18-5-7-19)14-10-13(17)9-12(3)16(14)20;/h9-11,15,18,20H,4-8H2,1-3H3;1H/t15-;/m1./s1. The largest absolute Gasteiger partial charge is 0.507 e. The van der Waals surface area contributed by atoms with E-state index < -0.39 is 0 Å². The van der Waals surface area contributed by atoms with Gasteiger partial charge in [-0.3, -0.25) is 4.90 Å². The summed E-state index contributed by atoms with van der Waals surface area (Å²) >= 11 is 0. The molecule has 1 atom stereocenters. The number of rotatable bonds is 4. The molecule has 0 saturated carbocycles. The molecule has 2 N–H and O–H groups in total. The van der Waals surface area contributed by atoms with Crippen molar-refractivity contribution in [1.82, 2.24) is 10.2 Å². The van der Waals surface area contributed by atoms with Gasteiger partial charge in [-0.05, 0) is 37.0 Å². The zero-order valence-electron chi connectivity index (χ0n) is 13.0. The van der Waals surface area contributed by atoms with Crippen LogP contribution < -0.4 is 5.32 Å². The Morgan fingerprint density at radius 2 is 1.90 bits per heavy atom. The fraction of sp³-hybridized carbons (Fsp3) is 0.625. The molecular weight excluding hydrogens is 291 g/mol. The highest BCUT2D eigenvalue weighted by molar-refractivity contribution is 5.85. The average molecular weight is 317 g/mol. The molecule has 21 heavy (non-hydrogen) atoms. The summed E-state index contributed by atoms with van der Waals surface area (Å²) in [7, 11) is 0. The molecule has 2 rings (SSSR count). The number of hydrogen-bond acceptors (Lipinski definition) is 3. The Morgan fingerprint density at radius 1 is 1.29 bits per heavy atom. The van der Waals surface area contributed by atoms with Crippen LogP contribution in [0.4, 0.5) is 4.39 Å². The topological polar surface area (TPSA) is 35.5 Å². The summed E-state index contributed by atoms with van der Waals surface area (Å²) in [6, 6.07) is 2.98. The molecule has 0 radical (unpaired) electrons. The number of aryl methyl sites for hydroxylation is 1. The number of phenols is 1. The highest BCUT2D eigenvalue weighted by atomic mass is 35.5. The van der Waals surface area contributed by atoms with E-state index in [9.17, 15) is 9.50 Å². The van der Waals surface area contributed by atoms with E-state index >= 15 is 0 Å². The van der Waals surface area contributed by atoms with Gasteiger partial charge in [0, 0.05) is 37.8 Å². The van der Waals surface area contributed by atoms with E-state index in [1.54, 1.807) is 6.92 Å². The van der Waals surface area contributed by atoms with Crippen LogP contribution in [0.25, 0.3) is 0 Å². The van der Waals surface area contributed by atoms with Gasteiger partial charge >= 0.3 is 0 Å². The second-order valence-corrected chi connectivity index (χ2v) is 6.09. The number of benzene rings is 1. The quantitative estimate of drug-likeness (QED) is 0.895. The lowest BCUT2D eigenvalue weighted by Crippen LogP contribution is -2.45. The lowest BCUT2D eigenvalue weighted by atomic mass is 9.93. The number of piperazine rings is 1. The van der Waals surface area contributed by atoms with Gasteiger partial charge in [0.2, 0.25) is 0 Å². The molecular formula is C16H26ClFN2O. The zero-order chi connectivity index (χ0) is 14.7. The third-order valence-corrected chi connectivity index (χ3v) is 3.94. The normalized spacial score (nSPS) is 17.6. The Labute approximate surface area is 132 Å². The summed E-state index contributed by atoms with van der Waals surface area (Å²) in [5, 5.41) is 13.7. The van der Waals surface area contributed by atoms with E-state index in [4.69, 9.17) is 0 Å². The molecule has 1 heterocycles. The molecule has 0 bridgehead atoms. The minimum atomic E-state index is -0.265. The van der Waals surface area contributed by atoms with E-state index in [0.717, 1.165) is 38.2 Å². The molecule has 5 heteroatoms. The molecule has 1 fully saturated rings. The van der Waals surface area contributed by atoms with Gasteiger partial charge in [-0.1, -0.05) is 13.8 Å². The molecule has 0 unspecified atom stereocenters. The lowest BCUT2D eigenvalue weighted by Gasteiger charge is -2.36. The van der Waals surface area contributed by atoms with Gasteiger partial charge in [-0.15, -0.1) is 12.4 Å². The van der Waals surface area contributed by atoms with Crippen LogP contribution in [0.2, 0.25) is 0 Å². The number of nitrogens with one attached hydrogen (secondary N) is 1. The molecule has 1 aromatic rings. The molecule has 1 aliphatic heterocycles. The summed E-state index contributed by atoms with van der Waals surface area (Å²) in [6.07, 6.45) is 0.927. The minimum Gasteiger partial charge on any atom is -0.507 e. The summed E-state index contributed by atoms with van der Waals surface area (Å²) < 4.78 is 13.7. The number of hydrogen-bond donors (Lipinski definition) is 2. The first-order valence-corrected chi connectivity index (χ1v) is 7.42. The maximum absolute atomic E-state index is 13.7. The van der Waals surface area contributed by atoms with E-state index in [2.05, 4.69) is 24.1 Å². The van der Waals surface area contributed by atoms with E-state index in [0.29, 0.717) is 11.5 Å². The summed E-state index contributed by atoms with van der Waals surface area (Å²) in [5.41, 5.74) is 1.35. The Hall–Kier alpha value is -0.840. The van der Waals surface area contributed by atoms with Gasteiger partial charge in [0.15, 0.2) is 0 Å². The number of aromatic hydroxyl groups is 1. The van der Waals surface area contributed by atoms with Crippen LogP contribution in [0.1, 0.15) is 37.4 Å². The average Bonchev–Trinajstić information content (AvgIpc) is 2.41. The van der Waals surface area contributed by atoms with Crippen LogP contribution >= 0.6 is 12.4 Å². The van der Waals surface area contributed by atoms with Crippen LogP contribution in [0.5, 0.6) is 5.75 Å². The fourth-order valence-electron chi connectivity index (χ4n) is 2.93. The van der Waals surface area contributed by atoms with Gasteiger partial charge in [0.05, 0.1) is 0 Å². The number of nitrogens with zero attached hydrogens (tertiary/aromatic N) is 1. The first kappa shape index (κ1) is 18.2. The SMILES string of the molecule is Cc1cc(F)cc([C@@H](CC(C)C)N2CCNCC2)c1O.Cl. The van der Waals surface area contributed by atoms with Crippen molar-refractivity contribution in [1.29, 1.82) is 0 Å². The van der Waals surface area contributed by atoms with Crippen LogP contribution in [0.3, 0.4) is 0 Å². The Kier molecular flexibility index (Phi) is 6.91. The number of phenolic OH excluding ortho intramolecular Hbond substituents is 1. The van der Waals surface area contributed by atoms with Gasteiger partial charge < -0.3 is 10.4 Å². The molecule has 3 nitrogen and oxygen atoms in total. The summed E-state index contributed by atoms with van der Waals surface area (Å²) in [6.45, 7) is 9.86. The summed E-state index contributed by atoms with van der Waals surface area (Å²) in [5.74, 6) is 0.479. The van der Waals surface area contributed by atoms with Crippen molar-refractivity contribution in [3.8, 4) is 5.75 Å². The summed E-state index contributed by atoms with van der Waals surface area (Å²) in [4.78, 5) is 2.35. The smallest absolute Gasteiger partial charge is 0.124 e. The highest BCUT2D eigenvalue weighted by Crippen LogP contribution is 2.36. The molecule has 0 amide bonds. The van der Waals surface area contributed by atoms with Gasteiger partial charge in [-0.25, -0.2) is 4.39 Å². The minimum absolute atomic E-state index is 0. The molecule has 0 aliphatic carbocycles. The molecule has 0 aromatic heterocycles. The van der Waals surface area contributed by atoms with Crippen molar-refractivity contribution in [2.75, 3.05) is 26.2 Å². The van der Waals surface area contributed by atoms with E-state index in [1.807, 2.05) is 0 Å². The molecule has 120 valence electrons. The molecule has 1 aliphatic rings. The third kappa shape index (κ3) is 4.56. The first-order valence-electron chi connectivity index (χ1n) is 7.42. The monoisotopic (exact) mass is 316 g/mol.